The summed E-state index contributed by atoms with van der Waals surface area (Å²) in [7, 11) is -2.62. The van der Waals surface area contributed by atoms with Crippen molar-refractivity contribution in [1.29, 1.82) is 0 Å². The molecule has 0 atom stereocenters. The molecule has 0 unspecified atom stereocenters. The van der Waals surface area contributed by atoms with Gasteiger partial charge in [0.15, 0.2) is 0 Å². The number of carbonyl (C=O) groups is 1. The molecule has 0 saturated heterocycles. The Morgan fingerprint density at radius 3 is 1.77 bits per heavy atom. The zero-order valence-electron chi connectivity index (χ0n) is 17.1. The maximum Gasteiger partial charge on any atom is 0.501 e. The third kappa shape index (κ3) is 12.6. The van der Waals surface area contributed by atoms with Crippen LogP contribution in [0.25, 0.3) is 0 Å². The van der Waals surface area contributed by atoms with Crippen molar-refractivity contribution in [2.24, 2.45) is 0 Å². The van der Waals surface area contributed by atoms with E-state index in [2.05, 4.69) is 27.4 Å². The van der Waals surface area contributed by atoms with Gasteiger partial charge in [-0.05, 0) is 32.6 Å². The van der Waals surface area contributed by atoms with Crippen molar-refractivity contribution in [3.8, 4) is 0 Å². The van der Waals surface area contributed by atoms with Crippen LogP contribution in [-0.4, -0.2) is 54.4 Å². The Hall–Kier alpha value is -0.733. The normalized spacial score (nSPS) is 11.5. The van der Waals surface area contributed by atoms with Crippen molar-refractivity contribution in [3.63, 3.8) is 0 Å². The van der Waals surface area contributed by atoms with Crippen molar-refractivity contribution in [2.45, 2.75) is 65.8 Å². The summed E-state index contributed by atoms with van der Waals surface area (Å²) in [5.74, 6) is -0.352. The molecule has 0 radical (unpaired) electrons. The van der Waals surface area contributed by atoms with Gasteiger partial charge in [-0.25, -0.2) is 4.79 Å². The summed E-state index contributed by atoms with van der Waals surface area (Å²) >= 11 is 0. The molecular formula is C19H38O6Si. The summed E-state index contributed by atoms with van der Waals surface area (Å²) in [5.41, 5.74) is 0.415. The summed E-state index contributed by atoms with van der Waals surface area (Å²) in [5, 5.41) is 0. The van der Waals surface area contributed by atoms with Gasteiger partial charge in [-0.1, -0.05) is 27.4 Å². The van der Waals surface area contributed by atoms with Gasteiger partial charge in [0.2, 0.25) is 0 Å². The van der Waals surface area contributed by atoms with Crippen molar-refractivity contribution >= 4 is 14.8 Å². The van der Waals surface area contributed by atoms with E-state index in [9.17, 15) is 4.79 Å². The van der Waals surface area contributed by atoms with Gasteiger partial charge in [0.05, 0.1) is 6.61 Å². The second-order valence-corrected chi connectivity index (χ2v) is 8.95. The maximum atomic E-state index is 11.2. The summed E-state index contributed by atoms with van der Waals surface area (Å²) in [6.07, 6.45) is 4.33. The Balaban J connectivity index is 4.12. The molecule has 0 fully saturated rings. The van der Waals surface area contributed by atoms with Gasteiger partial charge in [-0.3, -0.25) is 0 Å². The number of carbonyl (C=O) groups excluding carboxylic acids is 1. The summed E-state index contributed by atoms with van der Waals surface area (Å²) < 4.78 is 28.8. The zero-order chi connectivity index (χ0) is 19.7. The molecule has 0 aromatic rings. The molecule has 0 aliphatic carbocycles. The van der Waals surface area contributed by atoms with E-state index in [0.29, 0.717) is 51.6 Å². The first-order valence-corrected chi connectivity index (χ1v) is 11.8. The Morgan fingerprint density at radius 1 is 0.808 bits per heavy atom. The van der Waals surface area contributed by atoms with Crippen LogP contribution < -0.4 is 0 Å². The van der Waals surface area contributed by atoms with E-state index in [-0.39, 0.29) is 5.97 Å². The SMILES string of the molecule is C=C(C)C(=O)OCCCOCCC[Si](OCCC)(OCCC)OCCC. The second-order valence-electron chi connectivity index (χ2n) is 6.21. The first-order chi connectivity index (χ1) is 12.5. The highest BCUT2D eigenvalue weighted by Gasteiger charge is 2.40. The third-order valence-corrected chi connectivity index (χ3v) is 6.26. The predicted molar refractivity (Wildman–Crippen MR) is 105 cm³/mol. The lowest BCUT2D eigenvalue weighted by Crippen LogP contribution is -2.46. The fourth-order valence-corrected chi connectivity index (χ4v) is 4.86. The van der Waals surface area contributed by atoms with E-state index >= 15 is 0 Å². The molecule has 26 heavy (non-hydrogen) atoms. The minimum absolute atomic E-state index is 0.350. The zero-order valence-corrected chi connectivity index (χ0v) is 18.1. The summed E-state index contributed by atoms with van der Waals surface area (Å²) in [6, 6.07) is 0.762. The molecule has 0 rings (SSSR count). The Labute approximate surface area is 160 Å². The van der Waals surface area contributed by atoms with Gasteiger partial charge in [0.25, 0.3) is 0 Å². The molecule has 0 heterocycles. The second kappa shape index (κ2) is 16.4. The molecule has 6 nitrogen and oxygen atoms in total. The molecule has 0 bridgehead atoms. The molecule has 0 N–H and O–H groups in total. The average Bonchev–Trinajstić information content (AvgIpc) is 2.64. The fourth-order valence-electron chi connectivity index (χ4n) is 2.06. The summed E-state index contributed by atoms with van der Waals surface area (Å²) in [6.45, 7) is 14.9. The van der Waals surface area contributed by atoms with E-state index < -0.39 is 8.80 Å². The van der Waals surface area contributed by atoms with Gasteiger partial charge >= 0.3 is 14.8 Å². The highest BCUT2D eigenvalue weighted by molar-refractivity contribution is 6.60. The Kier molecular flexibility index (Phi) is 16.0. The summed E-state index contributed by atoms with van der Waals surface area (Å²) in [4.78, 5) is 11.2. The Morgan fingerprint density at radius 2 is 1.31 bits per heavy atom. The van der Waals surface area contributed by atoms with E-state index in [1.165, 1.54) is 0 Å². The van der Waals surface area contributed by atoms with E-state index in [4.69, 9.17) is 22.8 Å². The van der Waals surface area contributed by atoms with Crippen LogP contribution in [-0.2, 0) is 27.5 Å². The van der Waals surface area contributed by atoms with Crippen LogP contribution >= 0.6 is 0 Å². The lowest BCUT2D eigenvalue weighted by Gasteiger charge is -2.29. The number of esters is 1. The van der Waals surface area contributed by atoms with Crippen molar-refractivity contribution in [2.75, 3.05) is 39.6 Å². The van der Waals surface area contributed by atoms with Crippen molar-refractivity contribution in [3.05, 3.63) is 12.2 Å². The minimum atomic E-state index is -2.62. The number of rotatable bonds is 18. The minimum Gasteiger partial charge on any atom is -0.462 e. The van der Waals surface area contributed by atoms with Gasteiger partial charge in [-0.2, -0.15) is 0 Å². The molecular weight excluding hydrogens is 352 g/mol. The van der Waals surface area contributed by atoms with Crippen LogP contribution in [0.2, 0.25) is 6.04 Å². The molecule has 0 spiro atoms. The van der Waals surface area contributed by atoms with Crippen LogP contribution in [0, 0.1) is 0 Å². The molecule has 0 aromatic carbocycles. The molecule has 0 aromatic heterocycles. The smallest absolute Gasteiger partial charge is 0.462 e. The molecule has 7 heteroatoms. The quantitative estimate of drug-likeness (QED) is 0.152. The molecule has 154 valence electrons. The number of ether oxygens (including phenoxy) is 2. The standard InChI is InChI=1S/C19H38O6Si/c1-6-11-23-26(24-12-7-2,25-13-8-3)17-10-15-21-14-9-16-22-19(20)18(4)5/h4,6-17H2,1-3,5H3. The monoisotopic (exact) mass is 390 g/mol. The predicted octanol–water partition coefficient (Wildman–Crippen LogP) is 4.12. The molecule has 0 aliphatic heterocycles. The van der Waals surface area contributed by atoms with Crippen molar-refractivity contribution < 1.29 is 27.5 Å². The van der Waals surface area contributed by atoms with Crippen LogP contribution in [0.4, 0.5) is 0 Å². The lowest BCUT2D eigenvalue weighted by atomic mass is 10.4. The molecule has 0 amide bonds. The fraction of sp³-hybridized carbons (Fsp3) is 0.842. The van der Waals surface area contributed by atoms with Gasteiger partial charge < -0.3 is 22.8 Å². The van der Waals surface area contributed by atoms with E-state index in [1.807, 2.05) is 0 Å². The third-order valence-electron chi connectivity index (χ3n) is 3.36. The van der Waals surface area contributed by atoms with Crippen molar-refractivity contribution in [1.82, 2.24) is 0 Å². The topological polar surface area (TPSA) is 63.2 Å². The largest absolute Gasteiger partial charge is 0.501 e. The van der Waals surface area contributed by atoms with Crippen LogP contribution in [0.15, 0.2) is 12.2 Å². The van der Waals surface area contributed by atoms with Gasteiger partial charge in [-0.15, -0.1) is 0 Å². The average molecular weight is 391 g/mol. The lowest BCUT2D eigenvalue weighted by molar-refractivity contribution is -0.139. The maximum absolute atomic E-state index is 11.2. The number of hydrogen-bond acceptors (Lipinski definition) is 6. The van der Waals surface area contributed by atoms with Gasteiger partial charge in [0.1, 0.15) is 0 Å². The van der Waals surface area contributed by atoms with Gasteiger partial charge in [0, 0.05) is 51.1 Å². The van der Waals surface area contributed by atoms with E-state index in [0.717, 1.165) is 31.7 Å². The van der Waals surface area contributed by atoms with E-state index in [1.54, 1.807) is 6.92 Å². The van der Waals surface area contributed by atoms with Crippen LogP contribution in [0.1, 0.15) is 59.8 Å². The first kappa shape index (κ1) is 25.3. The highest BCUT2D eigenvalue weighted by atomic mass is 28.4. The first-order valence-electron chi connectivity index (χ1n) is 9.83. The van der Waals surface area contributed by atoms with Crippen LogP contribution in [0.5, 0.6) is 0 Å². The Bertz CT molecular complexity index is 353. The number of hydrogen-bond donors (Lipinski definition) is 0. The van der Waals surface area contributed by atoms with Crippen LogP contribution in [0.3, 0.4) is 0 Å². The molecule has 0 aliphatic rings. The molecule has 0 saturated carbocycles. The highest BCUT2D eigenvalue weighted by Crippen LogP contribution is 2.19.